The lowest BCUT2D eigenvalue weighted by Crippen LogP contribution is -2.13. The highest BCUT2D eigenvalue weighted by molar-refractivity contribution is 9.10. The molecule has 1 amide bonds. The maximum Gasteiger partial charge on any atom is 0.292 e. The van der Waals surface area contributed by atoms with Gasteiger partial charge in [-0.1, -0.05) is 0 Å². The number of nitrogens with one attached hydrogen (secondary N) is 1. The predicted octanol–water partition coefficient (Wildman–Crippen LogP) is 1.98. The Morgan fingerprint density at radius 2 is 2.10 bits per heavy atom. The average Bonchev–Trinajstić information content (AvgIpc) is 2.41. The van der Waals surface area contributed by atoms with Crippen molar-refractivity contribution in [2.45, 2.75) is 0 Å². The molecule has 0 spiro atoms. The van der Waals surface area contributed by atoms with Crippen LogP contribution in [0.3, 0.4) is 0 Å². The lowest BCUT2D eigenvalue weighted by atomic mass is 10.1. The number of nitrogens with two attached hydrogens (primary N) is 1. The Morgan fingerprint density at radius 3 is 2.70 bits per heavy atom. The van der Waals surface area contributed by atoms with E-state index in [9.17, 15) is 14.9 Å². The first kappa shape index (κ1) is 13.9. The van der Waals surface area contributed by atoms with Crippen LogP contribution in [0.1, 0.15) is 10.4 Å². The lowest BCUT2D eigenvalue weighted by molar-refractivity contribution is -0.383. The molecule has 8 nitrogen and oxygen atoms in total. The molecule has 1 aromatic carbocycles. The number of anilines is 2. The Morgan fingerprint density at radius 1 is 1.35 bits per heavy atom. The van der Waals surface area contributed by atoms with Crippen molar-refractivity contribution in [2.75, 3.05) is 11.1 Å². The van der Waals surface area contributed by atoms with Crippen LogP contribution >= 0.6 is 15.9 Å². The molecule has 2 aromatic rings. The van der Waals surface area contributed by atoms with Crippen LogP contribution in [0.2, 0.25) is 0 Å². The third kappa shape index (κ3) is 3.06. The molecular weight excluding hydrogens is 330 g/mol. The van der Waals surface area contributed by atoms with E-state index in [4.69, 9.17) is 5.73 Å². The SMILES string of the molecule is Nc1ccc(C(=O)Nc2cnc(Br)cn2)cc1[N+](=O)[O-]. The molecule has 0 saturated carbocycles. The fourth-order valence-electron chi connectivity index (χ4n) is 1.41. The van der Waals surface area contributed by atoms with Crippen molar-refractivity contribution in [3.8, 4) is 0 Å². The van der Waals surface area contributed by atoms with Crippen LogP contribution in [0, 0.1) is 10.1 Å². The van der Waals surface area contributed by atoms with Gasteiger partial charge in [-0.25, -0.2) is 9.97 Å². The Bertz CT molecular complexity index is 674. The highest BCUT2D eigenvalue weighted by Crippen LogP contribution is 2.22. The molecule has 3 N–H and O–H groups in total. The third-order valence-corrected chi connectivity index (χ3v) is 2.76. The van der Waals surface area contributed by atoms with E-state index in [0.29, 0.717) is 4.60 Å². The van der Waals surface area contributed by atoms with Crippen molar-refractivity contribution in [1.29, 1.82) is 0 Å². The Hall–Kier alpha value is -2.55. The van der Waals surface area contributed by atoms with Crippen molar-refractivity contribution in [2.24, 2.45) is 0 Å². The van der Waals surface area contributed by atoms with Crippen molar-refractivity contribution >= 4 is 39.0 Å². The zero-order chi connectivity index (χ0) is 14.7. The molecule has 102 valence electrons. The molecule has 0 saturated heterocycles. The van der Waals surface area contributed by atoms with Gasteiger partial charge in [0.1, 0.15) is 10.3 Å². The van der Waals surface area contributed by atoms with Gasteiger partial charge in [0, 0.05) is 11.6 Å². The Labute approximate surface area is 121 Å². The number of nitrogen functional groups attached to an aromatic ring is 1. The summed E-state index contributed by atoms with van der Waals surface area (Å²) in [5.41, 5.74) is 5.24. The fraction of sp³-hybridized carbons (Fsp3) is 0. The van der Waals surface area contributed by atoms with Gasteiger partial charge in [-0.05, 0) is 28.1 Å². The van der Waals surface area contributed by atoms with Crippen LogP contribution in [0.15, 0.2) is 35.2 Å². The molecule has 0 aliphatic heterocycles. The zero-order valence-electron chi connectivity index (χ0n) is 9.91. The molecule has 0 radical (unpaired) electrons. The summed E-state index contributed by atoms with van der Waals surface area (Å²) in [4.78, 5) is 29.9. The number of nitro benzene ring substituents is 1. The number of hydrogen-bond donors (Lipinski definition) is 2. The van der Waals surface area contributed by atoms with Gasteiger partial charge in [-0.15, -0.1) is 0 Å². The first-order chi connectivity index (χ1) is 9.47. The van der Waals surface area contributed by atoms with Crippen molar-refractivity contribution in [3.05, 3.63) is 50.9 Å². The fourth-order valence-corrected chi connectivity index (χ4v) is 1.61. The van der Waals surface area contributed by atoms with E-state index in [-0.39, 0.29) is 22.8 Å². The summed E-state index contributed by atoms with van der Waals surface area (Å²) in [6.07, 6.45) is 2.77. The van der Waals surface area contributed by atoms with Gasteiger partial charge in [-0.2, -0.15) is 0 Å². The van der Waals surface area contributed by atoms with E-state index in [2.05, 4.69) is 31.2 Å². The second-order valence-electron chi connectivity index (χ2n) is 3.71. The number of carbonyl (C=O) groups excluding carboxylic acids is 1. The lowest BCUT2D eigenvalue weighted by Gasteiger charge is -2.04. The van der Waals surface area contributed by atoms with E-state index in [1.54, 1.807) is 0 Å². The summed E-state index contributed by atoms with van der Waals surface area (Å²) >= 11 is 3.11. The minimum absolute atomic E-state index is 0.00465. The van der Waals surface area contributed by atoms with Crippen molar-refractivity contribution in [3.63, 3.8) is 0 Å². The van der Waals surface area contributed by atoms with Crippen LogP contribution < -0.4 is 11.1 Å². The molecular formula is C11H8BrN5O3. The average molecular weight is 338 g/mol. The van der Waals surface area contributed by atoms with Crippen molar-refractivity contribution in [1.82, 2.24) is 9.97 Å². The topological polar surface area (TPSA) is 124 Å². The van der Waals surface area contributed by atoms with Crippen LogP contribution in [0.4, 0.5) is 17.2 Å². The number of rotatable bonds is 3. The van der Waals surface area contributed by atoms with Gasteiger partial charge in [0.2, 0.25) is 0 Å². The third-order valence-electron chi connectivity index (χ3n) is 2.35. The highest BCUT2D eigenvalue weighted by Gasteiger charge is 2.16. The quantitative estimate of drug-likeness (QED) is 0.501. The number of carbonyl (C=O) groups is 1. The number of aromatic nitrogens is 2. The van der Waals surface area contributed by atoms with E-state index >= 15 is 0 Å². The number of nitrogens with zero attached hydrogens (tertiary/aromatic N) is 3. The first-order valence-corrected chi connectivity index (χ1v) is 6.09. The number of hydrogen-bond acceptors (Lipinski definition) is 6. The molecule has 0 atom stereocenters. The molecule has 2 rings (SSSR count). The van der Waals surface area contributed by atoms with E-state index in [1.165, 1.54) is 24.5 Å². The van der Waals surface area contributed by atoms with E-state index < -0.39 is 10.8 Å². The number of halogens is 1. The maximum atomic E-state index is 11.9. The summed E-state index contributed by atoms with van der Waals surface area (Å²) in [5.74, 6) is -0.303. The molecule has 20 heavy (non-hydrogen) atoms. The largest absolute Gasteiger partial charge is 0.393 e. The highest BCUT2D eigenvalue weighted by atomic mass is 79.9. The predicted molar refractivity (Wildman–Crippen MR) is 75.2 cm³/mol. The summed E-state index contributed by atoms with van der Waals surface area (Å²) in [7, 11) is 0. The molecule has 0 fully saturated rings. The summed E-state index contributed by atoms with van der Waals surface area (Å²) in [6.45, 7) is 0. The minimum atomic E-state index is -0.647. The molecule has 1 heterocycles. The molecule has 0 bridgehead atoms. The standard InChI is InChI=1S/C11H8BrN5O3/c12-9-4-15-10(5-14-9)16-11(18)6-1-2-7(13)8(3-6)17(19)20/h1-5H,13H2,(H,15,16,18). The maximum absolute atomic E-state index is 11.9. The molecule has 0 unspecified atom stereocenters. The first-order valence-electron chi connectivity index (χ1n) is 5.30. The van der Waals surface area contributed by atoms with Crippen LogP contribution in [0.5, 0.6) is 0 Å². The molecule has 1 aromatic heterocycles. The minimum Gasteiger partial charge on any atom is -0.393 e. The van der Waals surface area contributed by atoms with Gasteiger partial charge in [0.25, 0.3) is 11.6 Å². The number of amides is 1. The summed E-state index contributed by atoms with van der Waals surface area (Å²) < 4.78 is 0.527. The van der Waals surface area contributed by atoms with Crippen LogP contribution in [-0.2, 0) is 0 Å². The van der Waals surface area contributed by atoms with Gasteiger partial charge < -0.3 is 11.1 Å². The van der Waals surface area contributed by atoms with E-state index in [1.807, 2.05) is 0 Å². The Kier molecular flexibility index (Phi) is 3.89. The molecule has 0 aliphatic rings. The monoisotopic (exact) mass is 337 g/mol. The number of benzene rings is 1. The van der Waals surface area contributed by atoms with E-state index in [0.717, 1.165) is 6.07 Å². The molecule has 9 heteroatoms. The molecule has 0 aliphatic carbocycles. The second-order valence-corrected chi connectivity index (χ2v) is 4.52. The van der Waals surface area contributed by atoms with Gasteiger partial charge >= 0.3 is 0 Å². The smallest absolute Gasteiger partial charge is 0.292 e. The second kappa shape index (κ2) is 5.61. The Balaban J connectivity index is 2.23. The van der Waals surface area contributed by atoms with Gasteiger partial charge in [0.15, 0.2) is 5.82 Å². The van der Waals surface area contributed by atoms with Crippen molar-refractivity contribution < 1.29 is 9.72 Å². The summed E-state index contributed by atoms with van der Waals surface area (Å²) in [5, 5.41) is 13.2. The van der Waals surface area contributed by atoms with Crippen LogP contribution in [0.25, 0.3) is 0 Å². The summed E-state index contributed by atoms with van der Waals surface area (Å²) in [6, 6.07) is 3.81. The van der Waals surface area contributed by atoms with Gasteiger partial charge in [-0.3, -0.25) is 14.9 Å². The number of nitro groups is 1. The van der Waals surface area contributed by atoms with Gasteiger partial charge in [0.05, 0.1) is 17.3 Å². The normalized spacial score (nSPS) is 10.1. The van der Waals surface area contributed by atoms with Crippen LogP contribution in [-0.4, -0.2) is 20.8 Å². The zero-order valence-corrected chi connectivity index (χ0v) is 11.5.